The van der Waals surface area contributed by atoms with Gasteiger partial charge < -0.3 is 5.73 Å². The largest absolute Gasteiger partial charge is 0.398 e. The quantitative estimate of drug-likeness (QED) is 0.133. The van der Waals surface area contributed by atoms with Gasteiger partial charge in [0.15, 0.2) is 0 Å². The molecule has 51 heavy (non-hydrogen) atoms. The van der Waals surface area contributed by atoms with Gasteiger partial charge in [0.1, 0.15) is 0 Å². The summed E-state index contributed by atoms with van der Waals surface area (Å²) in [6.07, 6.45) is 19.2. The van der Waals surface area contributed by atoms with E-state index in [1.807, 2.05) is 50.4 Å². The average molecular weight is 664 g/mol. The molecule has 250 valence electrons. The van der Waals surface area contributed by atoms with Crippen molar-refractivity contribution in [2.45, 2.75) is 40.0 Å². The Morgan fingerprint density at radius 2 is 1.78 bits per heavy atom. The molecule has 0 atom stereocenters. The number of benzene rings is 3. The van der Waals surface area contributed by atoms with Crippen molar-refractivity contribution in [3.05, 3.63) is 167 Å². The van der Waals surface area contributed by atoms with Gasteiger partial charge in [0.2, 0.25) is 0 Å². The van der Waals surface area contributed by atoms with Crippen molar-refractivity contribution in [3.8, 4) is 22.5 Å². The molecule has 0 unspecified atom stereocenters. The highest BCUT2D eigenvalue weighted by Crippen LogP contribution is 2.36. The summed E-state index contributed by atoms with van der Waals surface area (Å²) in [4.78, 5) is 19.4. The second kappa shape index (κ2) is 14.7. The topological polar surface area (TPSA) is 76.5 Å². The number of hydrogen-bond donors (Lipinski definition) is 1. The van der Waals surface area contributed by atoms with Crippen molar-refractivity contribution in [3.63, 3.8) is 0 Å². The van der Waals surface area contributed by atoms with E-state index in [-0.39, 0.29) is 0 Å². The maximum absolute atomic E-state index is 6.66. The Hall–Kier alpha value is -6.20. The van der Waals surface area contributed by atoms with Gasteiger partial charge in [0.05, 0.1) is 34.0 Å². The fourth-order valence-corrected chi connectivity index (χ4v) is 6.56. The first kappa shape index (κ1) is 33.3. The van der Waals surface area contributed by atoms with Crippen LogP contribution >= 0.6 is 0 Å². The van der Waals surface area contributed by atoms with Crippen molar-refractivity contribution < 1.29 is 0 Å². The minimum atomic E-state index is 0.692. The molecule has 0 saturated heterocycles. The molecule has 3 heterocycles. The van der Waals surface area contributed by atoms with E-state index < -0.39 is 0 Å². The number of allylic oxidation sites excluding steroid dienone is 9. The molecule has 0 radical (unpaired) electrons. The number of para-hydroxylation sites is 1. The Morgan fingerprint density at radius 1 is 0.922 bits per heavy atom. The van der Waals surface area contributed by atoms with Crippen molar-refractivity contribution in [2.75, 3.05) is 0 Å². The van der Waals surface area contributed by atoms with Crippen LogP contribution in [-0.4, -0.2) is 22.4 Å². The summed E-state index contributed by atoms with van der Waals surface area (Å²) in [6.45, 7) is 9.91. The van der Waals surface area contributed by atoms with Crippen LogP contribution in [0.3, 0.4) is 0 Å². The van der Waals surface area contributed by atoms with Gasteiger partial charge in [-0.2, -0.15) is 0 Å². The minimum Gasteiger partial charge on any atom is -0.398 e. The molecule has 3 aromatic carbocycles. The Kier molecular flexibility index (Phi) is 9.62. The zero-order chi connectivity index (χ0) is 35.3. The number of pyridine rings is 2. The van der Waals surface area contributed by atoms with Crippen LogP contribution in [0.2, 0.25) is 0 Å². The molecule has 2 aliphatic rings. The van der Waals surface area contributed by atoms with Gasteiger partial charge >= 0.3 is 0 Å². The monoisotopic (exact) mass is 663 g/mol. The number of hydrogen-bond acceptors (Lipinski definition) is 5. The molecule has 7 rings (SSSR count). The first-order valence-corrected chi connectivity index (χ1v) is 17.4. The molecule has 0 amide bonds. The Morgan fingerprint density at radius 3 is 2.65 bits per heavy atom. The summed E-state index contributed by atoms with van der Waals surface area (Å²) in [6, 6.07) is 29.5. The first-order chi connectivity index (χ1) is 24.9. The lowest BCUT2D eigenvalue weighted by Crippen LogP contribution is -1.99. The summed E-state index contributed by atoms with van der Waals surface area (Å²) < 4.78 is 0. The molecule has 2 N–H and O–H groups in total. The Labute approximate surface area is 300 Å². The van der Waals surface area contributed by atoms with Gasteiger partial charge in [-0.25, -0.2) is 9.97 Å². The highest BCUT2D eigenvalue weighted by Gasteiger charge is 2.15. The van der Waals surface area contributed by atoms with Crippen LogP contribution in [0, 0.1) is 6.92 Å². The van der Waals surface area contributed by atoms with Gasteiger partial charge in [0, 0.05) is 34.6 Å². The van der Waals surface area contributed by atoms with E-state index in [2.05, 4.69) is 110 Å². The number of fused-ring (bicyclic) bond motifs is 2. The van der Waals surface area contributed by atoms with Crippen LogP contribution in [0.15, 0.2) is 149 Å². The Bertz CT molecular complexity index is 2400. The van der Waals surface area contributed by atoms with Gasteiger partial charge in [-0.15, -0.1) is 0 Å². The summed E-state index contributed by atoms with van der Waals surface area (Å²) in [5.41, 5.74) is 22.7. The minimum absolute atomic E-state index is 0.692. The van der Waals surface area contributed by atoms with Crippen LogP contribution in [0.4, 0.5) is 5.69 Å². The number of nitrogens with zero attached hydrogens (tertiary/aromatic N) is 4. The van der Waals surface area contributed by atoms with Crippen molar-refractivity contribution in [2.24, 2.45) is 15.7 Å². The lowest BCUT2D eigenvalue weighted by molar-refractivity contribution is 1.03. The molecule has 0 bridgehead atoms. The molecular formula is C46H41N5. The molecule has 2 aromatic heterocycles. The number of aryl methyl sites for hydroxylation is 2. The molecule has 0 saturated carbocycles. The van der Waals surface area contributed by atoms with Gasteiger partial charge in [-0.1, -0.05) is 91.6 Å². The van der Waals surface area contributed by atoms with Crippen LogP contribution in [0.1, 0.15) is 54.6 Å². The van der Waals surface area contributed by atoms with E-state index in [9.17, 15) is 0 Å². The summed E-state index contributed by atoms with van der Waals surface area (Å²) in [7, 11) is 0. The number of nitrogens with two attached hydrogens (primary N) is 1. The summed E-state index contributed by atoms with van der Waals surface area (Å²) in [5, 5.41) is 1.11. The summed E-state index contributed by atoms with van der Waals surface area (Å²) >= 11 is 0. The molecule has 0 spiro atoms. The Balaban J connectivity index is 1.12. The van der Waals surface area contributed by atoms with E-state index in [0.717, 1.165) is 97.6 Å². The highest BCUT2D eigenvalue weighted by molar-refractivity contribution is 5.90. The average Bonchev–Trinajstić information content (AvgIpc) is 3.18. The third-order valence-electron chi connectivity index (χ3n) is 9.40. The summed E-state index contributed by atoms with van der Waals surface area (Å²) in [5.74, 6) is 0. The predicted molar refractivity (Wildman–Crippen MR) is 217 cm³/mol. The standard InChI is InChI=1S/C46H41N5/c1-5-30(3)44(48-6-2)45-31(4)18-23-42(51-45)37-15-8-14-36(29-37)40(47)22-19-32-11-7-13-34(27-32)35-20-24-41-38(28-35)21-25-43(50-41)39-17-9-12-33-16-10-26-49-46(33)39/h5-9,12-15,17-29H,1,10-11,16,47H2,2-4H3/b32-19+,40-22-,44-30-,48-6?. The highest BCUT2D eigenvalue weighted by atomic mass is 14.8. The van der Waals surface area contributed by atoms with Crippen molar-refractivity contribution in [1.82, 2.24) is 9.97 Å². The fourth-order valence-electron chi connectivity index (χ4n) is 6.56. The second-order valence-corrected chi connectivity index (χ2v) is 12.9. The van der Waals surface area contributed by atoms with Crippen molar-refractivity contribution >= 4 is 46.0 Å². The van der Waals surface area contributed by atoms with E-state index >= 15 is 0 Å². The normalized spacial score (nSPS) is 15.6. The van der Waals surface area contributed by atoms with Crippen LogP contribution in [0.25, 0.3) is 50.4 Å². The molecule has 0 fully saturated rings. The SMILES string of the molecule is C=C/C(C)=C(\N=CC)c1nc(-c2cccc(/C(N)=C/C=C3/C=C(c4ccc5nc(-c6cccc7c6N=CCC7)ccc5c4)C=CC3)c2)ccc1C. The third-order valence-corrected chi connectivity index (χ3v) is 9.40. The first-order valence-electron chi connectivity index (χ1n) is 17.4. The maximum atomic E-state index is 6.66. The zero-order valence-corrected chi connectivity index (χ0v) is 29.4. The fraction of sp³-hybridized carbons (Fsp3) is 0.130. The van der Waals surface area contributed by atoms with Crippen molar-refractivity contribution in [1.29, 1.82) is 0 Å². The second-order valence-electron chi connectivity index (χ2n) is 12.9. The lowest BCUT2D eigenvalue weighted by atomic mass is 9.94. The van der Waals surface area contributed by atoms with E-state index in [0.29, 0.717) is 5.70 Å². The smallest absolute Gasteiger partial charge is 0.0925 e. The van der Waals surface area contributed by atoms with Crippen LogP contribution in [-0.2, 0) is 6.42 Å². The molecular weight excluding hydrogens is 623 g/mol. The van der Waals surface area contributed by atoms with E-state index in [4.69, 9.17) is 20.7 Å². The van der Waals surface area contributed by atoms with Gasteiger partial charge in [-0.05, 0) is 115 Å². The third kappa shape index (κ3) is 7.10. The van der Waals surface area contributed by atoms with Crippen LogP contribution in [0.5, 0.6) is 0 Å². The number of aromatic nitrogens is 2. The maximum Gasteiger partial charge on any atom is 0.0925 e. The number of aliphatic imine (C=N–C) groups is 2. The number of rotatable bonds is 8. The molecule has 5 heteroatoms. The zero-order valence-electron chi connectivity index (χ0n) is 29.4. The van der Waals surface area contributed by atoms with E-state index in [1.165, 1.54) is 11.1 Å². The van der Waals surface area contributed by atoms with Gasteiger partial charge in [-0.3, -0.25) is 9.98 Å². The molecule has 5 nitrogen and oxygen atoms in total. The van der Waals surface area contributed by atoms with E-state index in [1.54, 1.807) is 6.21 Å². The van der Waals surface area contributed by atoms with Crippen LogP contribution < -0.4 is 5.73 Å². The molecule has 5 aromatic rings. The predicted octanol–water partition coefficient (Wildman–Crippen LogP) is 11.2. The molecule has 1 aliphatic carbocycles. The van der Waals surface area contributed by atoms with Gasteiger partial charge in [0.25, 0.3) is 0 Å². The lowest BCUT2D eigenvalue weighted by Gasteiger charge is -2.14. The molecule has 1 aliphatic heterocycles.